The summed E-state index contributed by atoms with van der Waals surface area (Å²) >= 11 is 0. The van der Waals surface area contributed by atoms with Crippen LogP contribution in [0.1, 0.15) is 24.5 Å². The molecule has 1 aliphatic carbocycles. The van der Waals surface area contributed by atoms with Crippen LogP contribution < -0.4 is 5.32 Å². The lowest BCUT2D eigenvalue weighted by Gasteiger charge is -2.16. The Morgan fingerprint density at radius 1 is 1.33 bits per heavy atom. The molecular weight excluding hydrogens is 186 g/mol. The second-order valence-electron chi connectivity index (χ2n) is 4.24. The first-order chi connectivity index (χ1) is 7.40. The van der Waals surface area contributed by atoms with E-state index in [-0.39, 0.29) is 6.10 Å². The number of hydrogen-bond donors (Lipinski definition) is 1. The molecular formula is C13H19NO. The maximum atomic E-state index is 5.48. The number of nitrogens with one attached hydrogen (secondary N) is 1. The van der Waals surface area contributed by atoms with Gasteiger partial charge in [0.15, 0.2) is 0 Å². The van der Waals surface area contributed by atoms with Gasteiger partial charge in [0, 0.05) is 13.7 Å². The Labute approximate surface area is 91.6 Å². The van der Waals surface area contributed by atoms with Gasteiger partial charge in [-0.2, -0.15) is 0 Å². The molecule has 0 aliphatic heterocycles. The summed E-state index contributed by atoms with van der Waals surface area (Å²) in [5, 5.41) is 3.47. The van der Waals surface area contributed by atoms with Gasteiger partial charge in [0.05, 0.1) is 6.10 Å². The van der Waals surface area contributed by atoms with E-state index in [1.54, 1.807) is 7.11 Å². The van der Waals surface area contributed by atoms with Crippen molar-refractivity contribution in [2.24, 2.45) is 5.92 Å². The van der Waals surface area contributed by atoms with Gasteiger partial charge in [0.1, 0.15) is 0 Å². The van der Waals surface area contributed by atoms with E-state index in [2.05, 4.69) is 29.6 Å². The molecule has 1 unspecified atom stereocenters. The van der Waals surface area contributed by atoms with E-state index >= 15 is 0 Å². The van der Waals surface area contributed by atoms with E-state index in [4.69, 9.17) is 4.74 Å². The predicted molar refractivity (Wildman–Crippen MR) is 61.8 cm³/mol. The highest BCUT2D eigenvalue weighted by molar-refractivity contribution is 5.17. The molecule has 15 heavy (non-hydrogen) atoms. The molecule has 0 radical (unpaired) electrons. The molecule has 2 heteroatoms. The van der Waals surface area contributed by atoms with Crippen LogP contribution in [0.4, 0.5) is 0 Å². The molecule has 0 saturated heterocycles. The minimum absolute atomic E-state index is 0.185. The molecule has 82 valence electrons. The number of ether oxygens (including phenoxy) is 1. The SMILES string of the molecule is COC(CNCC1CC1)c1ccccc1. The van der Waals surface area contributed by atoms with Crippen molar-refractivity contribution < 1.29 is 4.74 Å². The average Bonchev–Trinajstić information content (AvgIpc) is 3.10. The molecule has 1 saturated carbocycles. The molecule has 1 aromatic rings. The Morgan fingerprint density at radius 2 is 2.07 bits per heavy atom. The second kappa shape index (κ2) is 5.29. The maximum absolute atomic E-state index is 5.48. The quantitative estimate of drug-likeness (QED) is 0.770. The summed E-state index contributed by atoms with van der Waals surface area (Å²) in [6, 6.07) is 10.4. The van der Waals surface area contributed by atoms with Crippen molar-refractivity contribution in [3.8, 4) is 0 Å². The zero-order valence-corrected chi connectivity index (χ0v) is 9.28. The van der Waals surface area contributed by atoms with Gasteiger partial charge in [-0.25, -0.2) is 0 Å². The summed E-state index contributed by atoms with van der Waals surface area (Å²) in [4.78, 5) is 0. The van der Waals surface area contributed by atoms with E-state index < -0.39 is 0 Å². The number of benzene rings is 1. The van der Waals surface area contributed by atoms with E-state index in [1.165, 1.54) is 18.4 Å². The molecule has 1 aromatic carbocycles. The average molecular weight is 205 g/mol. The van der Waals surface area contributed by atoms with Crippen molar-refractivity contribution in [3.05, 3.63) is 35.9 Å². The Hall–Kier alpha value is -0.860. The van der Waals surface area contributed by atoms with Gasteiger partial charge in [-0.1, -0.05) is 30.3 Å². The van der Waals surface area contributed by atoms with Crippen LogP contribution >= 0.6 is 0 Å². The lowest BCUT2D eigenvalue weighted by atomic mass is 10.1. The standard InChI is InChI=1S/C13H19NO/c1-15-13(10-14-9-11-7-8-11)12-5-3-2-4-6-12/h2-6,11,13-14H,7-10H2,1H3. The van der Waals surface area contributed by atoms with E-state index in [0.29, 0.717) is 0 Å². The first-order valence-electron chi connectivity index (χ1n) is 5.68. The summed E-state index contributed by atoms with van der Waals surface area (Å²) in [5.41, 5.74) is 1.25. The van der Waals surface area contributed by atoms with E-state index in [9.17, 15) is 0 Å². The summed E-state index contributed by atoms with van der Waals surface area (Å²) in [6.45, 7) is 2.06. The second-order valence-corrected chi connectivity index (χ2v) is 4.24. The third-order valence-corrected chi connectivity index (χ3v) is 2.92. The first-order valence-corrected chi connectivity index (χ1v) is 5.68. The minimum Gasteiger partial charge on any atom is -0.375 e. The third-order valence-electron chi connectivity index (χ3n) is 2.92. The van der Waals surface area contributed by atoms with Crippen LogP contribution in [-0.2, 0) is 4.74 Å². The molecule has 2 rings (SSSR count). The summed E-state index contributed by atoms with van der Waals surface area (Å²) in [6.07, 6.45) is 2.98. The summed E-state index contributed by atoms with van der Waals surface area (Å²) in [7, 11) is 1.77. The van der Waals surface area contributed by atoms with Gasteiger partial charge in [0.2, 0.25) is 0 Å². The number of hydrogen-bond acceptors (Lipinski definition) is 2. The van der Waals surface area contributed by atoms with Crippen molar-refractivity contribution in [2.75, 3.05) is 20.2 Å². The molecule has 0 amide bonds. The fraction of sp³-hybridized carbons (Fsp3) is 0.538. The van der Waals surface area contributed by atoms with Gasteiger partial charge in [0.25, 0.3) is 0 Å². The van der Waals surface area contributed by atoms with E-state index in [0.717, 1.165) is 19.0 Å². The fourth-order valence-corrected chi connectivity index (χ4v) is 1.75. The maximum Gasteiger partial charge on any atom is 0.0945 e. The molecule has 1 fully saturated rings. The summed E-state index contributed by atoms with van der Waals surface area (Å²) < 4.78 is 5.48. The minimum atomic E-state index is 0.185. The van der Waals surface area contributed by atoms with Crippen LogP contribution in [0, 0.1) is 5.92 Å². The van der Waals surface area contributed by atoms with Crippen LogP contribution in [0.3, 0.4) is 0 Å². The molecule has 1 aliphatic rings. The molecule has 0 bridgehead atoms. The topological polar surface area (TPSA) is 21.3 Å². The Balaban J connectivity index is 1.80. The van der Waals surface area contributed by atoms with Crippen molar-refractivity contribution in [1.82, 2.24) is 5.32 Å². The van der Waals surface area contributed by atoms with Crippen molar-refractivity contribution in [3.63, 3.8) is 0 Å². The normalized spacial score (nSPS) is 17.7. The number of rotatable bonds is 6. The first kappa shape index (κ1) is 10.7. The molecule has 0 spiro atoms. The molecule has 1 N–H and O–H groups in total. The van der Waals surface area contributed by atoms with E-state index in [1.807, 2.05) is 6.07 Å². The highest BCUT2D eigenvalue weighted by atomic mass is 16.5. The van der Waals surface area contributed by atoms with Gasteiger partial charge in [-0.05, 0) is 30.9 Å². The molecule has 1 atom stereocenters. The lowest BCUT2D eigenvalue weighted by Crippen LogP contribution is -2.24. The third kappa shape index (κ3) is 3.33. The highest BCUT2D eigenvalue weighted by Gasteiger charge is 2.21. The van der Waals surface area contributed by atoms with Crippen molar-refractivity contribution >= 4 is 0 Å². The van der Waals surface area contributed by atoms with Crippen LogP contribution in [-0.4, -0.2) is 20.2 Å². The van der Waals surface area contributed by atoms with Crippen LogP contribution in [0.25, 0.3) is 0 Å². The van der Waals surface area contributed by atoms with Crippen molar-refractivity contribution in [1.29, 1.82) is 0 Å². The Kier molecular flexibility index (Phi) is 3.75. The van der Waals surface area contributed by atoms with Crippen molar-refractivity contribution in [2.45, 2.75) is 18.9 Å². The Bertz CT molecular complexity index is 282. The smallest absolute Gasteiger partial charge is 0.0945 e. The molecule has 0 aromatic heterocycles. The van der Waals surface area contributed by atoms with Crippen LogP contribution in [0.2, 0.25) is 0 Å². The zero-order valence-electron chi connectivity index (χ0n) is 9.28. The van der Waals surface area contributed by atoms with Crippen LogP contribution in [0.15, 0.2) is 30.3 Å². The monoisotopic (exact) mass is 205 g/mol. The number of methoxy groups -OCH3 is 1. The van der Waals surface area contributed by atoms with Gasteiger partial charge < -0.3 is 10.1 Å². The van der Waals surface area contributed by atoms with Gasteiger partial charge >= 0.3 is 0 Å². The fourth-order valence-electron chi connectivity index (χ4n) is 1.75. The van der Waals surface area contributed by atoms with Gasteiger partial charge in [-0.15, -0.1) is 0 Å². The highest BCUT2D eigenvalue weighted by Crippen LogP contribution is 2.27. The Morgan fingerprint density at radius 3 is 2.67 bits per heavy atom. The molecule has 0 heterocycles. The predicted octanol–water partition coefficient (Wildman–Crippen LogP) is 2.37. The lowest BCUT2D eigenvalue weighted by molar-refractivity contribution is 0.102. The molecule has 2 nitrogen and oxygen atoms in total. The largest absolute Gasteiger partial charge is 0.375 e. The summed E-state index contributed by atoms with van der Waals surface area (Å²) in [5.74, 6) is 0.929. The van der Waals surface area contributed by atoms with Gasteiger partial charge in [-0.3, -0.25) is 0 Å². The van der Waals surface area contributed by atoms with Crippen LogP contribution in [0.5, 0.6) is 0 Å². The zero-order chi connectivity index (χ0) is 10.5.